The van der Waals surface area contributed by atoms with Crippen LogP contribution in [0.15, 0.2) is 20.2 Å². The van der Waals surface area contributed by atoms with Crippen molar-refractivity contribution < 1.29 is 24.7 Å². The van der Waals surface area contributed by atoms with Crippen LogP contribution >= 0.6 is 46.3 Å². The summed E-state index contributed by atoms with van der Waals surface area (Å²) in [6.07, 6.45) is 0.550. The molecular weight excluding hydrogens is 525 g/mol. The number of oxime groups is 1. The molecule has 0 spiro atoms. The standard InChI is InChI=1S/C15H13Cl2N7O5S3/c16-9(18)12(23-30)31-4-2-1-3-5(13(26)24(3)8(4)14(27)28)20-11(25)7(22-29)6-10(17)32-15(19)21-6/h3,5,18,29-30H,1-2H2,(H2,19,21)(H,20,25)(H,27,28)/p+1/b18-9?,22-7-,23-12+/t3-,5?/m1/s1. The topological polar surface area (TPSA) is 194 Å². The molecule has 32 heavy (non-hydrogen) atoms. The number of carboxylic acids is 1. The predicted octanol–water partition coefficient (Wildman–Crippen LogP) is 0.617. The number of anilines is 1. The number of fused-ring (bicyclic) bond motifs is 1. The maximum Gasteiger partial charge on any atom is 0.353 e. The first kappa shape index (κ1) is 24.3. The molecule has 1 saturated heterocycles. The molecule has 1 unspecified atom stereocenters. The van der Waals surface area contributed by atoms with Gasteiger partial charge >= 0.3 is 5.97 Å². The Morgan fingerprint density at radius 3 is 2.66 bits per heavy atom. The number of thioether (sulfide) groups is 1. The number of amides is 2. The fraction of sp³-hybridized carbons (Fsp3) is 0.267. The third kappa shape index (κ3) is 4.43. The fourth-order valence-corrected chi connectivity index (χ4v) is 5.51. The van der Waals surface area contributed by atoms with Gasteiger partial charge < -0.3 is 21.4 Å². The molecule has 0 aromatic carbocycles. The molecule has 1 aromatic heterocycles. The van der Waals surface area contributed by atoms with Crippen molar-refractivity contribution in [2.24, 2.45) is 9.55 Å². The van der Waals surface area contributed by atoms with E-state index in [4.69, 9.17) is 34.3 Å². The minimum absolute atomic E-state index is 0.0245. The van der Waals surface area contributed by atoms with E-state index >= 15 is 0 Å². The summed E-state index contributed by atoms with van der Waals surface area (Å²) in [5, 5.41) is 31.4. The molecule has 0 aliphatic carbocycles. The van der Waals surface area contributed by atoms with Gasteiger partial charge in [-0.1, -0.05) is 55.9 Å². The van der Waals surface area contributed by atoms with Crippen LogP contribution in [0, 0.1) is 5.41 Å². The van der Waals surface area contributed by atoms with E-state index in [2.05, 4.69) is 32.7 Å². The Kier molecular flexibility index (Phi) is 7.34. The molecule has 12 nitrogen and oxygen atoms in total. The smallest absolute Gasteiger partial charge is 0.353 e. The third-order valence-electron chi connectivity index (χ3n) is 4.53. The Labute approximate surface area is 203 Å². The molecule has 2 aliphatic rings. The summed E-state index contributed by atoms with van der Waals surface area (Å²) in [4.78, 5) is 42.4. The van der Waals surface area contributed by atoms with Crippen LogP contribution in [0.2, 0.25) is 4.34 Å². The second-order valence-corrected chi connectivity index (χ2v) is 9.62. The van der Waals surface area contributed by atoms with Crippen LogP contribution in [0.1, 0.15) is 18.5 Å². The second-order valence-electron chi connectivity index (χ2n) is 6.30. The van der Waals surface area contributed by atoms with Gasteiger partial charge in [0.15, 0.2) is 21.1 Å². The molecule has 3 rings (SSSR count). The largest absolute Gasteiger partial charge is 0.477 e. The van der Waals surface area contributed by atoms with Gasteiger partial charge in [0, 0.05) is 4.91 Å². The van der Waals surface area contributed by atoms with Crippen molar-refractivity contribution in [2.75, 3.05) is 5.73 Å². The van der Waals surface area contributed by atoms with Crippen LogP contribution in [0.4, 0.5) is 5.13 Å². The summed E-state index contributed by atoms with van der Waals surface area (Å²) in [7, 11) is 0. The number of carboxylic acid groups (broad SMARTS) is 1. The number of nitrogens with two attached hydrogens (primary N) is 1. The van der Waals surface area contributed by atoms with Gasteiger partial charge in [-0.15, -0.1) is 0 Å². The van der Waals surface area contributed by atoms with Crippen LogP contribution in [0.3, 0.4) is 0 Å². The van der Waals surface area contributed by atoms with Gasteiger partial charge in [-0.25, -0.2) is 9.78 Å². The van der Waals surface area contributed by atoms with E-state index in [1.54, 1.807) is 0 Å². The zero-order valence-corrected chi connectivity index (χ0v) is 19.8. The lowest BCUT2D eigenvalue weighted by Gasteiger charge is -2.50. The predicted molar refractivity (Wildman–Crippen MR) is 125 cm³/mol. The van der Waals surface area contributed by atoms with Gasteiger partial charge in [-0.3, -0.25) is 19.9 Å². The van der Waals surface area contributed by atoms with Gasteiger partial charge in [0.25, 0.3) is 11.8 Å². The van der Waals surface area contributed by atoms with Crippen molar-refractivity contribution in [1.29, 1.82) is 5.41 Å². The molecule has 0 saturated carbocycles. The lowest BCUT2D eigenvalue weighted by atomic mass is 9.86. The van der Waals surface area contributed by atoms with Gasteiger partial charge in [-0.2, -0.15) is 0 Å². The molecule has 0 radical (unpaired) electrons. The van der Waals surface area contributed by atoms with Crippen molar-refractivity contribution in [2.45, 2.75) is 24.9 Å². The second kappa shape index (κ2) is 9.66. The van der Waals surface area contributed by atoms with E-state index in [9.17, 15) is 24.7 Å². The molecule has 170 valence electrons. The monoisotopic (exact) mass is 538 g/mol. The number of aromatic nitrogens is 1. The van der Waals surface area contributed by atoms with Crippen LogP contribution in [-0.4, -0.2) is 66.0 Å². The number of β-lactam (4-membered cyclic amide) rings is 1. The zero-order valence-electron chi connectivity index (χ0n) is 15.6. The van der Waals surface area contributed by atoms with Gasteiger partial charge in [0.05, 0.1) is 18.9 Å². The van der Waals surface area contributed by atoms with E-state index in [0.29, 0.717) is 6.42 Å². The Hall–Kier alpha value is -2.33. The summed E-state index contributed by atoms with van der Waals surface area (Å²) in [5.41, 5.74) is 4.58. The molecular formula is C15H14Cl2N7O5S3+. The number of allylic oxidation sites excluding steroid dienone is 1. The molecule has 2 aliphatic heterocycles. The molecule has 6 N–H and O–H groups in total. The Morgan fingerprint density at radius 1 is 1.47 bits per heavy atom. The van der Waals surface area contributed by atoms with Crippen LogP contribution in [-0.2, 0) is 27.2 Å². The number of hydrogen-bond donors (Lipinski definition) is 5. The number of aliphatic carboxylic acids is 1. The lowest BCUT2D eigenvalue weighted by molar-refractivity contribution is -0.155. The first-order valence-electron chi connectivity index (χ1n) is 8.52. The van der Waals surface area contributed by atoms with Gasteiger partial charge in [0.2, 0.25) is 0 Å². The summed E-state index contributed by atoms with van der Waals surface area (Å²) < 4.78 is 3.68. The van der Waals surface area contributed by atoms with Crippen LogP contribution in [0.25, 0.3) is 0 Å². The number of hydrogen-bond acceptors (Lipinski definition) is 11. The fourth-order valence-electron chi connectivity index (χ4n) is 3.23. The lowest BCUT2D eigenvalue weighted by Crippen LogP contribution is -2.72. The van der Waals surface area contributed by atoms with Crippen molar-refractivity contribution in [3.63, 3.8) is 0 Å². The molecule has 1 aromatic rings. The number of nitrogen functional groups attached to an aromatic ring is 1. The Balaban J connectivity index is 1.81. The maximum atomic E-state index is 12.7. The molecule has 2 amide bonds. The Bertz CT molecular complexity index is 1120. The number of halogens is 2. The minimum Gasteiger partial charge on any atom is -0.477 e. The number of rotatable bonds is 6. The zero-order chi connectivity index (χ0) is 23.7. The highest BCUT2D eigenvalue weighted by molar-refractivity contribution is 8.19. The molecule has 17 heteroatoms. The molecule has 2 atom stereocenters. The van der Waals surface area contributed by atoms with Gasteiger partial charge in [0.1, 0.15) is 21.8 Å². The summed E-state index contributed by atoms with van der Waals surface area (Å²) >= 11 is 16.2. The van der Waals surface area contributed by atoms with E-state index in [0.717, 1.165) is 28.0 Å². The highest BCUT2D eigenvalue weighted by Crippen LogP contribution is 2.41. The molecule has 0 bridgehead atoms. The average Bonchev–Trinajstić information content (AvgIpc) is 3.07. The highest BCUT2D eigenvalue weighted by atomic mass is 35.5. The summed E-state index contributed by atoms with van der Waals surface area (Å²) in [6, 6.07) is -1.69. The number of thiazole rings is 1. The molecule has 1 fully saturated rings. The number of nitrogens with zero attached hydrogens (tertiary/aromatic N) is 4. The van der Waals surface area contributed by atoms with E-state index in [-0.39, 0.29) is 37.2 Å². The number of carbonyl (C=O) groups excluding carboxylic acids is 2. The molecule has 3 heterocycles. The number of nitrogens with one attached hydrogen (secondary N) is 2. The summed E-state index contributed by atoms with van der Waals surface area (Å²) in [5.74, 6) is -2.95. The first-order chi connectivity index (χ1) is 15.1. The SMILES string of the molecule is N=C(Cl)/C(=N\[SH2+])SC1=C(C(=O)O)N2C(=O)C(NC(=O)/C(=N\O)c3nc(N)sc3Cl)[C@H]2CC1. The third-order valence-corrected chi connectivity index (χ3v) is 7.42. The summed E-state index contributed by atoms with van der Waals surface area (Å²) in [6.45, 7) is 0. The Morgan fingerprint density at radius 2 is 2.16 bits per heavy atom. The first-order valence-corrected chi connectivity index (χ1v) is 11.4. The number of carbonyl (C=O) groups is 3. The van der Waals surface area contributed by atoms with E-state index in [1.165, 1.54) is 0 Å². The minimum atomic E-state index is -1.35. The average molecular weight is 539 g/mol. The van der Waals surface area contributed by atoms with Crippen LogP contribution < -0.4 is 11.1 Å². The van der Waals surface area contributed by atoms with Gasteiger partial charge in [-0.05, 0) is 12.8 Å². The highest BCUT2D eigenvalue weighted by Gasteiger charge is 2.54. The van der Waals surface area contributed by atoms with Crippen molar-refractivity contribution in [1.82, 2.24) is 15.2 Å². The normalized spacial score (nSPS) is 21.2. The van der Waals surface area contributed by atoms with E-state index < -0.39 is 40.7 Å². The van der Waals surface area contributed by atoms with Crippen molar-refractivity contribution in [3.8, 4) is 0 Å². The van der Waals surface area contributed by atoms with Crippen molar-refractivity contribution in [3.05, 3.63) is 20.6 Å². The van der Waals surface area contributed by atoms with Crippen molar-refractivity contribution >= 4 is 98.0 Å². The quantitative estimate of drug-likeness (QED) is 0.0866. The maximum absolute atomic E-state index is 12.7. The van der Waals surface area contributed by atoms with Crippen LogP contribution in [0.5, 0.6) is 0 Å². The van der Waals surface area contributed by atoms with E-state index in [1.807, 2.05) is 0 Å².